The lowest BCUT2D eigenvalue weighted by atomic mass is 9.74. The van der Waals surface area contributed by atoms with Gasteiger partial charge >= 0.3 is 0 Å². The molecule has 160 valence electrons. The first kappa shape index (κ1) is 20.7. The molecule has 7 heteroatoms. The van der Waals surface area contributed by atoms with Crippen molar-refractivity contribution in [3.05, 3.63) is 53.2 Å². The first-order valence-corrected chi connectivity index (χ1v) is 10.6. The monoisotopic (exact) mass is 412 g/mol. The molecule has 0 spiro atoms. The zero-order valence-electron chi connectivity index (χ0n) is 17.7. The van der Waals surface area contributed by atoms with Crippen molar-refractivity contribution in [1.82, 2.24) is 14.9 Å². The molecule has 0 radical (unpaired) electrons. The molecule has 0 unspecified atom stereocenters. The first-order valence-electron chi connectivity index (χ1n) is 10.6. The van der Waals surface area contributed by atoms with Gasteiger partial charge in [0.05, 0.1) is 0 Å². The van der Waals surface area contributed by atoms with Crippen LogP contribution in [0.5, 0.6) is 0 Å². The third-order valence-electron chi connectivity index (χ3n) is 6.37. The third-order valence-corrected chi connectivity index (χ3v) is 6.37. The number of aromatic nitrogens is 2. The second kappa shape index (κ2) is 8.68. The van der Waals surface area contributed by atoms with Crippen LogP contribution in [0.2, 0.25) is 0 Å². The Bertz CT molecular complexity index is 914. The van der Waals surface area contributed by atoms with Gasteiger partial charge in [0.25, 0.3) is 0 Å². The Morgan fingerprint density at radius 1 is 1.30 bits per heavy atom. The maximum Gasteiger partial charge on any atom is 0.219 e. The normalized spacial score (nSPS) is 20.9. The summed E-state index contributed by atoms with van der Waals surface area (Å²) in [4.78, 5) is 22.9. The van der Waals surface area contributed by atoms with Gasteiger partial charge in [0.2, 0.25) is 5.91 Å². The lowest BCUT2D eigenvalue weighted by molar-refractivity contribution is -0.127. The number of anilines is 1. The fourth-order valence-corrected chi connectivity index (χ4v) is 4.53. The number of amides is 1. The number of rotatable bonds is 5. The Morgan fingerprint density at radius 3 is 2.80 bits per heavy atom. The van der Waals surface area contributed by atoms with E-state index in [2.05, 4.69) is 10.3 Å². The van der Waals surface area contributed by atoms with Crippen LogP contribution in [-0.2, 0) is 14.9 Å². The molecule has 30 heavy (non-hydrogen) atoms. The van der Waals surface area contributed by atoms with Crippen LogP contribution in [0.15, 0.2) is 30.3 Å². The molecule has 0 bridgehead atoms. The van der Waals surface area contributed by atoms with Gasteiger partial charge in [-0.15, -0.1) is 0 Å². The van der Waals surface area contributed by atoms with E-state index < -0.39 is 0 Å². The number of carbonyl (C=O) groups is 1. The topological polar surface area (TPSA) is 67.4 Å². The summed E-state index contributed by atoms with van der Waals surface area (Å²) >= 11 is 0. The quantitative estimate of drug-likeness (QED) is 0.815. The van der Waals surface area contributed by atoms with Crippen molar-refractivity contribution in [3.8, 4) is 0 Å². The number of halogens is 1. The van der Waals surface area contributed by atoms with Crippen molar-refractivity contribution in [3.63, 3.8) is 0 Å². The first-order chi connectivity index (χ1) is 14.4. The van der Waals surface area contributed by atoms with Crippen molar-refractivity contribution in [2.24, 2.45) is 0 Å². The molecule has 2 fully saturated rings. The Labute approximate surface area is 176 Å². The summed E-state index contributed by atoms with van der Waals surface area (Å²) in [5, 5.41) is 3.50. The molecular weight excluding hydrogens is 383 g/mol. The van der Waals surface area contributed by atoms with Crippen molar-refractivity contribution >= 4 is 11.7 Å². The molecule has 0 saturated carbocycles. The molecule has 2 aliphatic rings. The molecule has 1 amide bonds. The zero-order valence-corrected chi connectivity index (χ0v) is 17.7. The van der Waals surface area contributed by atoms with Crippen LogP contribution in [0, 0.1) is 12.7 Å². The van der Waals surface area contributed by atoms with Gasteiger partial charge in [-0.05, 0) is 43.9 Å². The highest BCUT2D eigenvalue weighted by Crippen LogP contribution is 2.35. The standard InChI is InChI=1S/C23H29FN4O2/c1-16-12-21(27-22(26-16)18-6-9-28(14-18)17(2)29)25-15-23(7-10-30-11-8-23)19-4-3-5-20(24)13-19/h3-5,12-13,18H,6-11,14-15H2,1-2H3,(H,25,26,27)/t18-/m1/s1. The average molecular weight is 413 g/mol. The van der Waals surface area contributed by atoms with Crippen LogP contribution in [-0.4, -0.2) is 53.6 Å². The lowest BCUT2D eigenvalue weighted by Crippen LogP contribution is -2.40. The van der Waals surface area contributed by atoms with E-state index in [9.17, 15) is 9.18 Å². The summed E-state index contributed by atoms with van der Waals surface area (Å²) in [5.41, 5.74) is 1.70. The molecule has 6 nitrogen and oxygen atoms in total. The van der Waals surface area contributed by atoms with Gasteiger partial charge in [-0.3, -0.25) is 4.79 Å². The van der Waals surface area contributed by atoms with Gasteiger partial charge in [-0.2, -0.15) is 0 Å². The van der Waals surface area contributed by atoms with E-state index in [1.165, 1.54) is 6.07 Å². The van der Waals surface area contributed by atoms with Crippen molar-refractivity contribution < 1.29 is 13.9 Å². The molecular formula is C23H29FN4O2. The highest BCUT2D eigenvalue weighted by atomic mass is 19.1. The van der Waals surface area contributed by atoms with E-state index in [0.717, 1.165) is 48.7 Å². The van der Waals surface area contributed by atoms with Gasteiger partial charge in [-0.25, -0.2) is 14.4 Å². The average Bonchev–Trinajstić information content (AvgIpc) is 3.23. The van der Waals surface area contributed by atoms with Gasteiger partial charge in [0.15, 0.2) is 0 Å². The van der Waals surface area contributed by atoms with Crippen LogP contribution in [0.25, 0.3) is 0 Å². The molecule has 2 saturated heterocycles. The summed E-state index contributed by atoms with van der Waals surface area (Å²) in [6, 6.07) is 8.84. The fraction of sp³-hybridized carbons (Fsp3) is 0.522. The maximum absolute atomic E-state index is 13.9. The molecule has 0 aliphatic carbocycles. The molecule has 2 aromatic rings. The predicted molar refractivity (Wildman–Crippen MR) is 113 cm³/mol. The van der Waals surface area contributed by atoms with Gasteiger partial charge in [-0.1, -0.05) is 12.1 Å². The number of nitrogens with one attached hydrogen (secondary N) is 1. The molecule has 3 heterocycles. The number of likely N-dealkylation sites (tertiary alicyclic amines) is 1. The molecule has 1 aromatic carbocycles. The smallest absolute Gasteiger partial charge is 0.219 e. The van der Waals surface area contributed by atoms with Gasteiger partial charge in [0, 0.05) is 62.9 Å². The third kappa shape index (κ3) is 4.46. The number of nitrogens with zero attached hydrogens (tertiary/aromatic N) is 3. The molecule has 4 rings (SSSR count). The number of ether oxygens (including phenoxy) is 1. The van der Waals surface area contributed by atoms with E-state index in [-0.39, 0.29) is 23.1 Å². The van der Waals surface area contributed by atoms with Crippen molar-refractivity contribution in [2.45, 2.75) is 44.4 Å². The van der Waals surface area contributed by atoms with Crippen LogP contribution < -0.4 is 5.32 Å². The minimum atomic E-state index is -0.213. The van der Waals surface area contributed by atoms with E-state index in [4.69, 9.17) is 9.72 Å². The Morgan fingerprint density at radius 2 is 2.10 bits per heavy atom. The van der Waals surface area contributed by atoms with Crippen LogP contribution >= 0.6 is 0 Å². The number of hydrogen-bond donors (Lipinski definition) is 1. The summed E-state index contributed by atoms with van der Waals surface area (Å²) < 4.78 is 19.5. The van der Waals surface area contributed by atoms with Crippen LogP contribution in [0.1, 0.15) is 49.2 Å². The number of hydrogen-bond acceptors (Lipinski definition) is 5. The second-order valence-corrected chi connectivity index (χ2v) is 8.46. The summed E-state index contributed by atoms with van der Waals surface area (Å²) in [5.74, 6) is 1.61. The minimum absolute atomic E-state index is 0.0973. The number of aryl methyl sites for hydroxylation is 1. The minimum Gasteiger partial charge on any atom is -0.381 e. The highest BCUT2D eigenvalue weighted by Gasteiger charge is 2.35. The largest absolute Gasteiger partial charge is 0.381 e. The Kier molecular flexibility index (Phi) is 5.99. The summed E-state index contributed by atoms with van der Waals surface area (Å²) in [7, 11) is 0. The molecule has 2 aliphatic heterocycles. The van der Waals surface area contributed by atoms with E-state index >= 15 is 0 Å². The van der Waals surface area contributed by atoms with Gasteiger partial charge in [0.1, 0.15) is 17.5 Å². The van der Waals surface area contributed by atoms with Crippen molar-refractivity contribution in [2.75, 3.05) is 38.2 Å². The number of benzene rings is 1. The Balaban J connectivity index is 1.53. The summed E-state index contributed by atoms with van der Waals surface area (Å²) in [6.45, 7) is 6.97. The van der Waals surface area contributed by atoms with Crippen LogP contribution in [0.4, 0.5) is 10.2 Å². The predicted octanol–water partition coefficient (Wildman–Crippen LogP) is 3.42. The van der Waals surface area contributed by atoms with Gasteiger partial charge < -0.3 is 15.0 Å². The molecule has 1 aromatic heterocycles. The van der Waals surface area contributed by atoms with Crippen LogP contribution in [0.3, 0.4) is 0 Å². The SMILES string of the molecule is CC(=O)N1CC[C@@H](c2nc(C)cc(NCC3(c4cccc(F)c4)CCOCC3)n2)C1. The zero-order chi connectivity index (χ0) is 21.1. The van der Waals surface area contributed by atoms with Crippen molar-refractivity contribution in [1.29, 1.82) is 0 Å². The maximum atomic E-state index is 13.9. The lowest BCUT2D eigenvalue weighted by Gasteiger charge is -2.38. The molecule has 1 atom stereocenters. The highest BCUT2D eigenvalue weighted by molar-refractivity contribution is 5.73. The number of carbonyl (C=O) groups excluding carboxylic acids is 1. The molecule has 1 N–H and O–H groups in total. The second-order valence-electron chi connectivity index (χ2n) is 8.46. The van der Waals surface area contributed by atoms with E-state index in [1.54, 1.807) is 19.1 Å². The van der Waals surface area contributed by atoms with E-state index in [0.29, 0.717) is 26.3 Å². The summed E-state index contributed by atoms with van der Waals surface area (Å²) in [6.07, 6.45) is 2.54. The Hall–Kier alpha value is -2.54. The van der Waals surface area contributed by atoms with E-state index in [1.807, 2.05) is 24.0 Å². The fourth-order valence-electron chi connectivity index (χ4n) is 4.53.